The summed E-state index contributed by atoms with van der Waals surface area (Å²) in [6.45, 7) is 0. The first-order chi connectivity index (χ1) is 12.8. The zero-order valence-electron chi connectivity index (χ0n) is 13.2. The highest BCUT2D eigenvalue weighted by atomic mass is 35.5. The topological polar surface area (TPSA) is 90.7 Å². The van der Waals surface area contributed by atoms with E-state index in [1.54, 1.807) is 30.3 Å². The molecule has 0 unspecified atom stereocenters. The van der Waals surface area contributed by atoms with Crippen LogP contribution in [0.4, 0.5) is 0 Å². The molecule has 2 aromatic carbocycles. The normalized spacial score (nSPS) is 11.5. The van der Waals surface area contributed by atoms with Crippen LogP contribution in [0.15, 0.2) is 52.1 Å². The predicted molar refractivity (Wildman–Crippen MR) is 105 cm³/mol. The molecule has 0 saturated carbocycles. The van der Waals surface area contributed by atoms with E-state index >= 15 is 0 Å². The maximum atomic E-state index is 12.1. The number of aromatic nitrogens is 1. The first-order valence-corrected chi connectivity index (χ1v) is 8.78. The summed E-state index contributed by atoms with van der Waals surface area (Å²) in [6.07, 6.45) is 0. The summed E-state index contributed by atoms with van der Waals surface area (Å²) in [4.78, 5) is 16.9. The van der Waals surface area contributed by atoms with Gasteiger partial charge in [0.05, 0.1) is 10.0 Å². The summed E-state index contributed by atoms with van der Waals surface area (Å²) in [7, 11) is 0. The average molecular weight is 445 g/mol. The number of oxime groups is 1. The van der Waals surface area contributed by atoms with Gasteiger partial charge in [0, 0.05) is 27.2 Å². The molecular weight excluding hydrogens is 436 g/mol. The number of halogens is 4. The molecule has 0 saturated heterocycles. The number of benzene rings is 2. The molecule has 0 radical (unpaired) electrons. The van der Waals surface area contributed by atoms with Crippen molar-refractivity contribution < 1.29 is 14.2 Å². The Bertz CT molecular complexity index is 1050. The quantitative estimate of drug-likeness (QED) is 0.250. The first-order valence-electron chi connectivity index (χ1n) is 7.27. The molecule has 138 valence electrons. The second kappa shape index (κ2) is 8.19. The molecule has 27 heavy (non-hydrogen) atoms. The third kappa shape index (κ3) is 4.54. The fourth-order valence-electron chi connectivity index (χ4n) is 2.07. The summed E-state index contributed by atoms with van der Waals surface area (Å²) in [6, 6.07) is 10.8. The van der Waals surface area contributed by atoms with E-state index in [0.717, 1.165) is 0 Å². The van der Waals surface area contributed by atoms with Crippen molar-refractivity contribution in [1.29, 1.82) is 0 Å². The number of amidine groups is 1. The summed E-state index contributed by atoms with van der Waals surface area (Å²) in [5.74, 6) is -0.709. The van der Waals surface area contributed by atoms with Crippen LogP contribution in [0.5, 0.6) is 0 Å². The first kappa shape index (κ1) is 19.5. The smallest absolute Gasteiger partial charge is 0.380 e. The predicted octanol–water partition coefficient (Wildman–Crippen LogP) is 5.43. The lowest BCUT2D eigenvalue weighted by Gasteiger charge is -2.03. The molecule has 0 atom stereocenters. The van der Waals surface area contributed by atoms with Gasteiger partial charge in [0.25, 0.3) is 0 Å². The highest BCUT2D eigenvalue weighted by Crippen LogP contribution is 2.30. The molecule has 0 fully saturated rings. The highest BCUT2D eigenvalue weighted by Gasteiger charge is 2.18. The molecule has 0 aliphatic carbocycles. The summed E-state index contributed by atoms with van der Waals surface area (Å²) >= 11 is 23.8. The Balaban J connectivity index is 1.76. The van der Waals surface area contributed by atoms with Crippen LogP contribution in [0.1, 0.15) is 16.1 Å². The number of hydrogen-bond donors (Lipinski definition) is 1. The maximum Gasteiger partial charge on any atom is 0.387 e. The van der Waals surface area contributed by atoms with Gasteiger partial charge in [0.1, 0.15) is 0 Å². The van der Waals surface area contributed by atoms with E-state index in [1.807, 2.05) is 0 Å². The van der Waals surface area contributed by atoms with E-state index in [-0.39, 0.29) is 22.3 Å². The number of nitrogens with zero attached hydrogens (tertiary/aromatic N) is 2. The molecule has 10 heteroatoms. The minimum Gasteiger partial charge on any atom is -0.380 e. The number of carbonyl (C=O) groups excluding carboxylic acids is 1. The molecule has 0 amide bonds. The van der Waals surface area contributed by atoms with Crippen LogP contribution in [0.3, 0.4) is 0 Å². The number of hydrogen-bond acceptors (Lipinski definition) is 5. The van der Waals surface area contributed by atoms with Crippen LogP contribution in [0.2, 0.25) is 20.1 Å². The van der Waals surface area contributed by atoms with Crippen LogP contribution in [-0.4, -0.2) is 17.0 Å². The molecule has 2 N–H and O–H groups in total. The Labute approximate surface area is 173 Å². The Morgan fingerprint density at radius 3 is 2.33 bits per heavy atom. The van der Waals surface area contributed by atoms with Crippen molar-refractivity contribution >= 4 is 58.2 Å². The van der Waals surface area contributed by atoms with E-state index in [2.05, 4.69) is 10.3 Å². The molecule has 6 nitrogen and oxygen atoms in total. The van der Waals surface area contributed by atoms with Gasteiger partial charge in [-0.3, -0.25) is 0 Å². The largest absolute Gasteiger partial charge is 0.387 e. The zero-order valence-corrected chi connectivity index (χ0v) is 16.3. The van der Waals surface area contributed by atoms with Crippen molar-refractivity contribution in [2.75, 3.05) is 0 Å². The van der Waals surface area contributed by atoms with Crippen molar-refractivity contribution in [3.05, 3.63) is 73.8 Å². The minimum absolute atomic E-state index is 0.102. The van der Waals surface area contributed by atoms with E-state index in [4.69, 9.17) is 61.5 Å². The highest BCUT2D eigenvalue weighted by molar-refractivity contribution is 6.37. The molecule has 1 heterocycles. The van der Waals surface area contributed by atoms with E-state index in [0.29, 0.717) is 26.2 Å². The van der Waals surface area contributed by atoms with Crippen LogP contribution in [0, 0.1) is 0 Å². The van der Waals surface area contributed by atoms with Crippen molar-refractivity contribution in [2.45, 2.75) is 0 Å². The number of nitrogens with two attached hydrogens (primary N) is 1. The fraction of sp³-hybridized carbons (Fsp3) is 0. The van der Waals surface area contributed by atoms with Gasteiger partial charge in [0.15, 0.2) is 17.3 Å². The lowest BCUT2D eigenvalue weighted by atomic mass is 10.1. The summed E-state index contributed by atoms with van der Waals surface area (Å²) in [5.41, 5.74) is 6.54. The van der Waals surface area contributed by atoms with Crippen molar-refractivity contribution in [1.82, 2.24) is 5.16 Å². The zero-order chi connectivity index (χ0) is 19.6. The van der Waals surface area contributed by atoms with Gasteiger partial charge in [-0.15, -0.1) is 0 Å². The molecule has 3 rings (SSSR count). The monoisotopic (exact) mass is 443 g/mol. The van der Waals surface area contributed by atoms with Gasteiger partial charge in [-0.05, 0) is 36.4 Å². The molecule has 0 aliphatic rings. The van der Waals surface area contributed by atoms with Gasteiger partial charge in [-0.2, -0.15) is 0 Å². The van der Waals surface area contributed by atoms with E-state index in [9.17, 15) is 4.79 Å². The Morgan fingerprint density at radius 2 is 1.67 bits per heavy atom. The van der Waals surface area contributed by atoms with Crippen molar-refractivity contribution in [2.24, 2.45) is 10.9 Å². The Kier molecular flexibility index (Phi) is 5.92. The van der Waals surface area contributed by atoms with E-state index in [1.165, 1.54) is 12.1 Å². The third-order valence-electron chi connectivity index (χ3n) is 3.35. The second-order valence-corrected chi connectivity index (χ2v) is 6.87. The lowest BCUT2D eigenvalue weighted by molar-refractivity contribution is 0.0504. The van der Waals surface area contributed by atoms with Gasteiger partial charge >= 0.3 is 5.97 Å². The Hall–Kier alpha value is -2.25. The SMILES string of the molecule is N/C(=N\OC(=O)c1cc(-c2ccc(Cl)cc2Cl)on1)c1ccc(Cl)cc1Cl. The molecule has 0 spiro atoms. The molecule has 0 bridgehead atoms. The molecular formula is C17H9Cl4N3O3. The van der Waals surface area contributed by atoms with Crippen LogP contribution in [-0.2, 0) is 4.84 Å². The van der Waals surface area contributed by atoms with E-state index < -0.39 is 5.97 Å². The van der Waals surface area contributed by atoms with Crippen molar-refractivity contribution in [3.8, 4) is 11.3 Å². The van der Waals surface area contributed by atoms with Crippen LogP contribution < -0.4 is 5.73 Å². The number of rotatable bonds is 4. The molecule has 0 aliphatic heterocycles. The van der Waals surface area contributed by atoms with Crippen LogP contribution >= 0.6 is 46.4 Å². The second-order valence-electron chi connectivity index (χ2n) is 5.18. The van der Waals surface area contributed by atoms with Gasteiger partial charge in [0.2, 0.25) is 0 Å². The van der Waals surface area contributed by atoms with Gasteiger partial charge < -0.3 is 15.1 Å². The average Bonchev–Trinajstić information content (AvgIpc) is 3.09. The van der Waals surface area contributed by atoms with Gasteiger partial charge in [-0.25, -0.2) is 4.79 Å². The number of carbonyl (C=O) groups is 1. The fourth-order valence-corrected chi connectivity index (χ4v) is 3.08. The van der Waals surface area contributed by atoms with Crippen LogP contribution in [0.25, 0.3) is 11.3 Å². The minimum atomic E-state index is -0.872. The Morgan fingerprint density at radius 1 is 1.00 bits per heavy atom. The molecule has 3 aromatic rings. The lowest BCUT2D eigenvalue weighted by Crippen LogP contribution is -2.16. The van der Waals surface area contributed by atoms with Crippen molar-refractivity contribution in [3.63, 3.8) is 0 Å². The standard InChI is InChI=1S/C17H9Cl4N3O3/c18-8-1-3-10(12(20)5-8)15-7-14(23-26-15)17(25)27-24-16(22)11-4-2-9(19)6-13(11)21/h1-7H,(H2,22,24). The molecule has 1 aromatic heterocycles. The van der Waals surface area contributed by atoms with Gasteiger partial charge in [-0.1, -0.05) is 56.7 Å². The third-order valence-corrected chi connectivity index (χ3v) is 4.45. The summed E-state index contributed by atoms with van der Waals surface area (Å²) in [5, 5.41) is 8.72. The maximum absolute atomic E-state index is 12.1. The summed E-state index contributed by atoms with van der Waals surface area (Å²) < 4.78 is 5.12.